The van der Waals surface area contributed by atoms with Crippen molar-refractivity contribution < 1.29 is 4.79 Å². The van der Waals surface area contributed by atoms with E-state index in [1.807, 2.05) is 13.8 Å². The van der Waals surface area contributed by atoms with Crippen LogP contribution in [-0.2, 0) is 11.2 Å². The van der Waals surface area contributed by atoms with Crippen LogP contribution in [0.5, 0.6) is 0 Å². The fourth-order valence-corrected chi connectivity index (χ4v) is 1.28. The zero-order chi connectivity index (χ0) is 10.6. The average molecular weight is 213 g/mol. The van der Waals surface area contributed by atoms with Crippen molar-refractivity contribution in [2.75, 3.05) is 0 Å². The van der Waals surface area contributed by atoms with Crippen LogP contribution in [0.3, 0.4) is 0 Å². The fourth-order valence-electron chi connectivity index (χ4n) is 1.10. The number of amides is 1. The second-order valence-electron chi connectivity index (χ2n) is 3.35. The van der Waals surface area contributed by atoms with E-state index < -0.39 is 0 Å². The maximum atomic E-state index is 11.4. The molecular formula is C10H13ClN2O. The predicted octanol–water partition coefficient (Wildman–Crippen LogP) is 1.80. The first-order valence-electron chi connectivity index (χ1n) is 4.48. The van der Waals surface area contributed by atoms with E-state index in [1.165, 1.54) is 0 Å². The molecule has 1 aromatic rings. The van der Waals surface area contributed by atoms with Gasteiger partial charge < -0.3 is 5.32 Å². The van der Waals surface area contributed by atoms with Gasteiger partial charge in [-0.05, 0) is 25.5 Å². The van der Waals surface area contributed by atoms with Crippen LogP contribution in [0.15, 0.2) is 18.3 Å². The van der Waals surface area contributed by atoms with Gasteiger partial charge in [-0.25, -0.2) is 4.98 Å². The van der Waals surface area contributed by atoms with Gasteiger partial charge in [0.2, 0.25) is 5.91 Å². The summed E-state index contributed by atoms with van der Waals surface area (Å²) in [7, 11) is 0. The van der Waals surface area contributed by atoms with Crippen molar-refractivity contribution >= 4 is 17.5 Å². The Balaban J connectivity index is 2.61. The Morgan fingerprint density at radius 2 is 2.36 bits per heavy atom. The summed E-state index contributed by atoms with van der Waals surface area (Å²) in [5.74, 6) is -0.0325. The van der Waals surface area contributed by atoms with Crippen molar-refractivity contribution in [1.29, 1.82) is 0 Å². The van der Waals surface area contributed by atoms with E-state index in [0.29, 0.717) is 5.15 Å². The Bertz CT molecular complexity index is 326. The smallest absolute Gasteiger partial charge is 0.224 e. The molecule has 0 aliphatic heterocycles. The number of carbonyl (C=O) groups excluding carboxylic acids is 1. The third kappa shape index (κ3) is 3.34. The molecule has 0 fully saturated rings. The van der Waals surface area contributed by atoms with E-state index in [2.05, 4.69) is 10.3 Å². The standard InChI is InChI=1S/C10H13ClN2O/c1-7(2)13-9(14)6-8-4-3-5-12-10(8)11/h3-5,7H,6H2,1-2H3,(H,13,14). The van der Waals surface area contributed by atoms with Crippen molar-refractivity contribution in [1.82, 2.24) is 10.3 Å². The Hall–Kier alpha value is -1.09. The average Bonchev–Trinajstić information content (AvgIpc) is 2.07. The molecule has 76 valence electrons. The molecule has 3 nitrogen and oxygen atoms in total. The minimum absolute atomic E-state index is 0.0325. The van der Waals surface area contributed by atoms with Crippen molar-refractivity contribution in [3.63, 3.8) is 0 Å². The lowest BCUT2D eigenvalue weighted by molar-refractivity contribution is -0.120. The summed E-state index contributed by atoms with van der Waals surface area (Å²) in [6, 6.07) is 3.72. The molecule has 0 spiro atoms. The number of carbonyl (C=O) groups is 1. The van der Waals surface area contributed by atoms with Crippen LogP contribution in [0.1, 0.15) is 19.4 Å². The molecule has 1 rings (SSSR count). The minimum atomic E-state index is -0.0325. The van der Waals surface area contributed by atoms with Gasteiger partial charge in [0.15, 0.2) is 0 Å². The first kappa shape index (κ1) is 11.0. The Morgan fingerprint density at radius 3 is 2.93 bits per heavy atom. The molecule has 4 heteroatoms. The van der Waals surface area contributed by atoms with E-state index >= 15 is 0 Å². The molecule has 0 saturated heterocycles. The zero-order valence-corrected chi connectivity index (χ0v) is 9.01. The van der Waals surface area contributed by atoms with E-state index in [0.717, 1.165) is 5.56 Å². The molecule has 0 radical (unpaired) electrons. The summed E-state index contributed by atoms with van der Waals surface area (Å²) in [6.07, 6.45) is 1.89. The van der Waals surface area contributed by atoms with Gasteiger partial charge in [-0.15, -0.1) is 0 Å². The zero-order valence-electron chi connectivity index (χ0n) is 8.25. The molecule has 0 aromatic carbocycles. The van der Waals surface area contributed by atoms with E-state index in [1.54, 1.807) is 18.3 Å². The highest BCUT2D eigenvalue weighted by Gasteiger charge is 2.07. The fraction of sp³-hybridized carbons (Fsp3) is 0.400. The number of nitrogens with one attached hydrogen (secondary N) is 1. The maximum absolute atomic E-state index is 11.4. The summed E-state index contributed by atoms with van der Waals surface area (Å²) in [5, 5.41) is 3.19. The second-order valence-corrected chi connectivity index (χ2v) is 3.71. The molecule has 0 saturated carbocycles. The van der Waals surface area contributed by atoms with E-state index in [-0.39, 0.29) is 18.4 Å². The van der Waals surface area contributed by atoms with Crippen LogP contribution in [-0.4, -0.2) is 16.9 Å². The molecular weight excluding hydrogens is 200 g/mol. The summed E-state index contributed by atoms with van der Waals surface area (Å²) in [5.41, 5.74) is 0.757. The molecule has 1 heterocycles. The quantitative estimate of drug-likeness (QED) is 0.777. The topological polar surface area (TPSA) is 42.0 Å². The van der Waals surface area contributed by atoms with Crippen molar-refractivity contribution in [3.05, 3.63) is 29.0 Å². The minimum Gasteiger partial charge on any atom is -0.354 e. The highest BCUT2D eigenvalue weighted by Crippen LogP contribution is 2.11. The summed E-state index contributed by atoms with van der Waals surface area (Å²) < 4.78 is 0. The van der Waals surface area contributed by atoms with Crippen molar-refractivity contribution in [2.24, 2.45) is 0 Å². The van der Waals surface area contributed by atoms with Gasteiger partial charge >= 0.3 is 0 Å². The lowest BCUT2D eigenvalue weighted by Gasteiger charge is -2.08. The van der Waals surface area contributed by atoms with E-state index in [9.17, 15) is 4.79 Å². The number of halogens is 1. The lowest BCUT2D eigenvalue weighted by atomic mass is 10.2. The van der Waals surface area contributed by atoms with Gasteiger partial charge in [-0.3, -0.25) is 4.79 Å². The second kappa shape index (κ2) is 4.96. The lowest BCUT2D eigenvalue weighted by Crippen LogP contribution is -2.31. The first-order valence-corrected chi connectivity index (χ1v) is 4.86. The SMILES string of the molecule is CC(C)NC(=O)Cc1cccnc1Cl. The summed E-state index contributed by atoms with van der Waals surface area (Å²) in [4.78, 5) is 15.3. The van der Waals surface area contributed by atoms with Crippen LogP contribution < -0.4 is 5.32 Å². The molecule has 14 heavy (non-hydrogen) atoms. The third-order valence-corrected chi connectivity index (χ3v) is 1.98. The Morgan fingerprint density at radius 1 is 1.64 bits per heavy atom. The maximum Gasteiger partial charge on any atom is 0.224 e. The molecule has 1 aromatic heterocycles. The van der Waals surface area contributed by atoms with Gasteiger partial charge in [-0.1, -0.05) is 17.7 Å². The largest absolute Gasteiger partial charge is 0.354 e. The molecule has 1 N–H and O–H groups in total. The van der Waals surface area contributed by atoms with Crippen molar-refractivity contribution in [3.8, 4) is 0 Å². The first-order chi connectivity index (χ1) is 6.59. The normalized spacial score (nSPS) is 10.3. The highest BCUT2D eigenvalue weighted by atomic mass is 35.5. The van der Waals surface area contributed by atoms with Gasteiger partial charge in [0.05, 0.1) is 6.42 Å². The monoisotopic (exact) mass is 212 g/mol. The molecule has 1 amide bonds. The van der Waals surface area contributed by atoms with Gasteiger partial charge in [0, 0.05) is 12.2 Å². The van der Waals surface area contributed by atoms with Crippen LogP contribution in [0.25, 0.3) is 0 Å². The number of rotatable bonds is 3. The van der Waals surface area contributed by atoms with Crippen LogP contribution in [0, 0.1) is 0 Å². The highest BCUT2D eigenvalue weighted by molar-refractivity contribution is 6.30. The molecule has 0 aliphatic carbocycles. The number of hydrogen-bond donors (Lipinski definition) is 1. The summed E-state index contributed by atoms with van der Waals surface area (Å²) >= 11 is 5.81. The predicted molar refractivity (Wildman–Crippen MR) is 56.2 cm³/mol. The van der Waals surface area contributed by atoms with E-state index in [4.69, 9.17) is 11.6 Å². The number of hydrogen-bond acceptors (Lipinski definition) is 2. The number of nitrogens with zero attached hydrogens (tertiary/aromatic N) is 1. The van der Waals surface area contributed by atoms with Gasteiger partial charge in [-0.2, -0.15) is 0 Å². The number of pyridine rings is 1. The molecule has 0 atom stereocenters. The van der Waals surface area contributed by atoms with Crippen LogP contribution in [0.4, 0.5) is 0 Å². The van der Waals surface area contributed by atoms with Gasteiger partial charge in [0.25, 0.3) is 0 Å². The Kier molecular flexibility index (Phi) is 3.89. The van der Waals surface area contributed by atoms with Crippen molar-refractivity contribution in [2.45, 2.75) is 26.3 Å². The van der Waals surface area contributed by atoms with Crippen LogP contribution in [0.2, 0.25) is 5.15 Å². The Labute approximate surface area is 88.5 Å². The molecule has 0 bridgehead atoms. The summed E-state index contributed by atoms with van der Waals surface area (Å²) in [6.45, 7) is 3.84. The molecule has 0 aliphatic rings. The third-order valence-electron chi connectivity index (χ3n) is 1.64. The van der Waals surface area contributed by atoms with Crippen LogP contribution >= 0.6 is 11.6 Å². The molecule has 0 unspecified atom stereocenters. The van der Waals surface area contributed by atoms with Gasteiger partial charge in [0.1, 0.15) is 5.15 Å². The number of aromatic nitrogens is 1.